The number of benzene rings is 1. The molecule has 8 heteroatoms. The SMILES string of the molecule is Cc1ccc([N+](=O)[O-])cc1-c1nnc(N)n1N. The summed E-state index contributed by atoms with van der Waals surface area (Å²) >= 11 is 0. The van der Waals surface area contributed by atoms with Crippen molar-refractivity contribution in [2.75, 3.05) is 11.6 Å². The largest absolute Gasteiger partial charge is 0.366 e. The van der Waals surface area contributed by atoms with Gasteiger partial charge in [-0.2, -0.15) is 0 Å². The second-order valence-corrected chi connectivity index (χ2v) is 3.51. The average Bonchev–Trinajstić information content (AvgIpc) is 2.60. The third-order valence-electron chi connectivity index (χ3n) is 2.40. The molecule has 0 aliphatic heterocycles. The summed E-state index contributed by atoms with van der Waals surface area (Å²) in [6.07, 6.45) is 0. The Bertz CT molecular complexity index is 591. The van der Waals surface area contributed by atoms with Gasteiger partial charge in [-0.1, -0.05) is 6.07 Å². The molecule has 1 heterocycles. The molecule has 2 rings (SSSR count). The third kappa shape index (κ3) is 1.75. The molecule has 0 amide bonds. The lowest BCUT2D eigenvalue weighted by Gasteiger charge is -2.04. The minimum Gasteiger partial charge on any atom is -0.366 e. The summed E-state index contributed by atoms with van der Waals surface area (Å²) in [7, 11) is 0. The maximum atomic E-state index is 10.7. The number of non-ortho nitro benzene ring substituents is 1. The van der Waals surface area contributed by atoms with Gasteiger partial charge in [0.15, 0.2) is 5.82 Å². The molecule has 0 atom stereocenters. The number of nitro groups is 1. The van der Waals surface area contributed by atoms with Gasteiger partial charge in [-0.15, -0.1) is 10.2 Å². The fourth-order valence-corrected chi connectivity index (χ4v) is 1.45. The lowest BCUT2D eigenvalue weighted by Crippen LogP contribution is -2.13. The second-order valence-electron chi connectivity index (χ2n) is 3.51. The molecular weight excluding hydrogens is 224 g/mol. The van der Waals surface area contributed by atoms with Crippen molar-refractivity contribution in [1.29, 1.82) is 0 Å². The van der Waals surface area contributed by atoms with Gasteiger partial charge >= 0.3 is 0 Å². The van der Waals surface area contributed by atoms with Crippen LogP contribution in [0.5, 0.6) is 0 Å². The molecule has 17 heavy (non-hydrogen) atoms. The maximum Gasteiger partial charge on any atom is 0.270 e. The zero-order chi connectivity index (χ0) is 12.6. The predicted molar refractivity (Wildman–Crippen MR) is 61.4 cm³/mol. The van der Waals surface area contributed by atoms with Gasteiger partial charge in [0.25, 0.3) is 5.69 Å². The van der Waals surface area contributed by atoms with Crippen molar-refractivity contribution in [2.45, 2.75) is 6.92 Å². The fraction of sp³-hybridized carbons (Fsp3) is 0.111. The Balaban J connectivity index is 2.62. The number of aromatic nitrogens is 3. The van der Waals surface area contributed by atoms with Crippen LogP contribution < -0.4 is 11.6 Å². The number of nitrogens with zero attached hydrogens (tertiary/aromatic N) is 4. The van der Waals surface area contributed by atoms with Crippen molar-refractivity contribution in [1.82, 2.24) is 14.9 Å². The first kappa shape index (κ1) is 10.9. The Kier molecular flexibility index (Phi) is 2.39. The number of rotatable bonds is 2. The molecule has 88 valence electrons. The third-order valence-corrected chi connectivity index (χ3v) is 2.40. The van der Waals surface area contributed by atoms with E-state index in [9.17, 15) is 10.1 Å². The van der Waals surface area contributed by atoms with Crippen molar-refractivity contribution in [2.24, 2.45) is 0 Å². The molecule has 0 unspecified atom stereocenters. The molecule has 1 aromatic heterocycles. The van der Waals surface area contributed by atoms with E-state index in [0.29, 0.717) is 11.4 Å². The molecule has 0 aliphatic carbocycles. The van der Waals surface area contributed by atoms with Gasteiger partial charge < -0.3 is 11.6 Å². The van der Waals surface area contributed by atoms with Crippen LogP contribution in [0.4, 0.5) is 11.6 Å². The maximum absolute atomic E-state index is 10.7. The molecule has 0 radical (unpaired) electrons. The summed E-state index contributed by atoms with van der Waals surface area (Å²) < 4.78 is 1.09. The van der Waals surface area contributed by atoms with Crippen molar-refractivity contribution in [3.63, 3.8) is 0 Å². The van der Waals surface area contributed by atoms with Gasteiger partial charge in [-0.3, -0.25) is 10.1 Å². The zero-order valence-corrected chi connectivity index (χ0v) is 8.99. The highest BCUT2D eigenvalue weighted by atomic mass is 16.6. The van der Waals surface area contributed by atoms with E-state index in [4.69, 9.17) is 11.6 Å². The molecule has 0 saturated heterocycles. The van der Waals surface area contributed by atoms with Gasteiger partial charge in [0.2, 0.25) is 5.95 Å². The smallest absolute Gasteiger partial charge is 0.270 e. The van der Waals surface area contributed by atoms with Crippen molar-refractivity contribution >= 4 is 11.6 Å². The summed E-state index contributed by atoms with van der Waals surface area (Å²) in [4.78, 5) is 10.2. The Morgan fingerprint density at radius 1 is 1.41 bits per heavy atom. The molecule has 2 aromatic rings. The van der Waals surface area contributed by atoms with E-state index in [2.05, 4.69) is 10.2 Å². The quantitative estimate of drug-likeness (QED) is 0.441. The first-order chi connectivity index (χ1) is 8.00. The van der Waals surface area contributed by atoms with Crippen LogP contribution in [0.25, 0.3) is 11.4 Å². The van der Waals surface area contributed by atoms with Crippen molar-refractivity contribution < 1.29 is 4.92 Å². The van der Waals surface area contributed by atoms with Crippen LogP contribution in [0.1, 0.15) is 5.56 Å². The Hall–Kier alpha value is -2.64. The Morgan fingerprint density at radius 2 is 2.12 bits per heavy atom. The number of hydrogen-bond acceptors (Lipinski definition) is 6. The molecule has 4 N–H and O–H groups in total. The van der Waals surface area contributed by atoms with Crippen LogP contribution >= 0.6 is 0 Å². The van der Waals surface area contributed by atoms with E-state index in [0.717, 1.165) is 10.2 Å². The normalized spacial score (nSPS) is 10.4. The van der Waals surface area contributed by atoms with E-state index in [-0.39, 0.29) is 11.6 Å². The van der Waals surface area contributed by atoms with Gasteiger partial charge in [0.1, 0.15) is 0 Å². The van der Waals surface area contributed by atoms with E-state index in [1.165, 1.54) is 12.1 Å². The van der Waals surface area contributed by atoms with E-state index in [1.54, 1.807) is 13.0 Å². The zero-order valence-electron chi connectivity index (χ0n) is 8.99. The average molecular weight is 234 g/mol. The highest BCUT2D eigenvalue weighted by Gasteiger charge is 2.15. The molecule has 1 aromatic carbocycles. The lowest BCUT2D eigenvalue weighted by molar-refractivity contribution is -0.384. The molecule has 0 bridgehead atoms. The molecule has 0 spiro atoms. The monoisotopic (exact) mass is 234 g/mol. The number of nitrogen functional groups attached to an aromatic ring is 2. The summed E-state index contributed by atoms with van der Waals surface area (Å²) in [5, 5.41) is 18.1. The topological polar surface area (TPSA) is 126 Å². The van der Waals surface area contributed by atoms with E-state index < -0.39 is 4.92 Å². The van der Waals surface area contributed by atoms with Crippen molar-refractivity contribution in [3.05, 3.63) is 33.9 Å². The van der Waals surface area contributed by atoms with Crippen LogP contribution in [-0.4, -0.2) is 19.8 Å². The van der Waals surface area contributed by atoms with Crippen LogP contribution in [0, 0.1) is 17.0 Å². The van der Waals surface area contributed by atoms with Gasteiger partial charge in [-0.05, 0) is 12.5 Å². The number of anilines is 1. The molecule has 0 aliphatic rings. The van der Waals surface area contributed by atoms with Crippen LogP contribution in [0.2, 0.25) is 0 Å². The first-order valence-corrected chi connectivity index (χ1v) is 4.72. The standard InChI is InChI=1S/C9H10N6O2/c1-5-2-3-6(15(16)17)4-7(5)8-12-13-9(10)14(8)11/h2-4H,11H2,1H3,(H2,10,13). The van der Waals surface area contributed by atoms with Crippen molar-refractivity contribution in [3.8, 4) is 11.4 Å². The summed E-state index contributed by atoms with van der Waals surface area (Å²) in [5.41, 5.74) is 6.76. The minimum absolute atomic E-state index is 0.0350. The molecule has 8 nitrogen and oxygen atoms in total. The van der Waals surface area contributed by atoms with E-state index >= 15 is 0 Å². The van der Waals surface area contributed by atoms with Crippen LogP contribution in [0.15, 0.2) is 18.2 Å². The highest BCUT2D eigenvalue weighted by Crippen LogP contribution is 2.26. The number of nitro benzene ring substituents is 1. The molecule has 0 saturated carbocycles. The fourth-order valence-electron chi connectivity index (χ4n) is 1.45. The Labute approximate surface area is 96.0 Å². The lowest BCUT2D eigenvalue weighted by atomic mass is 10.1. The summed E-state index contributed by atoms with van der Waals surface area (Å²) in [6, 6.07) is 4.43. The number of hydrogen-bond donors (Lipinski definition) is 2. The predicted octanol–water partition coefficient (Wildman–Crippen LogP) is 0.458. The van der Waals surface area contributed by atoms with Gasteiger partial charge in [0, 0.05) is 17.7 Å². The number of nitrogens with two attached hydrogens (primary N) is 2. The first-order valence-electron chi connectivity index (χ1n) is 4.72. The summed E-state index contributed by atoms with van der Waals surface area (Å²) in [5.74, 6) is 5.97. The highest BCUT2D eigenvalue weighted by molar-refractivity contribution is 5.65. The Morgan fingerprint density at radius 3 is 2.65 bits per heavy atom. The van der Waals surface area contributed by atoms with E-state index in [1.807, 2.05) is 0 Å². The molecular formula is C9H10N6O2. The van der Waals surface area contributed by atoms with Crippen LogP contribution in [-0.2, 0) is 0 Å². The van der Waals surface area contributed by atoms with Gasteiger partial charge in [0.05, 0.1) is 4.92 Å². The number of aryl methyl sites for hydroxylation is 1. The second kappa shape index (κ2) is 3.74. The minimum atomic E-state index is -0.483. The molecule has 0 fully saturated rings. The summed E-state index contributed by atoms with van der Waals surface area (Å²) in [6.45, 7) is 1.80. The van der Waals surface area contributed by atoms with Gasteiger partial charge in [-0.25, -0.2) is 4.68 Å². The van der Waals surface area contributed by atoms with Crippen LogP contribution in [0.3, 0.4) is 0 Å².